The van der Waals surface area contributed by atoms with Gasteiger partial charge in [-0.15, -0.1) is 0 Å². The van der Waals surface area contributed by atoms with Gasteiger partial charge in [0.2, 0.25) is 0 Å². The van der Waals surface area contributed by atoms with Gasteiger partial charge in [-0.05, 0) is 81.8 Å². The van der Waals surface area contributed by atoms with Crippen LogP contribution in [-0.2, 0) is 0 Å². The number of nitrogens with zero attached hydrogens (tertiary/aromatic N) is 2. The molecule has 198 valence electrons. The monoisotopic (exact) mass is 513 g/mol. The molecule has 1 fully saturated rings. The topological polar surface area (TPSA) is 86.4 Å². The van der Waals surface area contributed by atoms with Crippen LogP contribution < -0.4 is 19.9 Å². The summed E-state index contributed by atoms with van der Waals surface area (Å²) in [6, 6.07) is 17.3. The fraction of sp³-hybridized carbons (Fsp3) is 0.355. The van der Waals surface area contributed by atoms with E-state index in [9.17, 15) is 4.79 Å². The van der Waals surface area contributed by atoms with Crippen molar-refractivity contribution in [3.05, 3.63) is 71.3 Å². The number of aryl methyl sites for hydroxylation is 2. The van der Waals surface area contributed by atoms with Crippen molar-refractivity contribution in [1.82, 2.24) is 4.90 Å². The number of nitrogens with two attached hydrogens (primary N) is 1. The zero-order chi connectivity index (χ0) is 26.5. The molecule has 0 spiro atoms. The van der Waals surface area contributed by atoms with Gasteiger partial charge >= 0.3 is 0 Å². The first kappa shape index (κ1) is 25.6. The average molecular weight is 514 g/mol. The number of aliphatic imine (C=N–C) groups is 1. The second-order valence-corrected chi connectivity index (χ2v) is 9.99. The lowest BCUT2D eigenvalue weighted by Gasteiger charge is -2.20. The summed E-state index contributed by atoms with van der Waals surface area (Å²) in [6.07, 6.45) is 6.71. The van der Waals surface area contributed by atoms with Crippen LogP contribution in [0.4, 0.5) is 11.4 Å². The number of unbranched alkanes of at least 4 members (excludes halogenated alkanes) is 2. The summed E-state index contributed by atoms with van der Waals surface area (Å²) in [5.41, 5.74) is 10.2. The molecule has 3 aromatic carbocycles. The van der Waals surface area contributed by atoms with E-state index >= 15 is 0 Å². The molecule has 5 rings (SSSR count). The molecule has 0 aromatic heterocycles. The van der Waals surface area contributed by atoms with Crippen molar-refractivity contribution in [2.45, 2.75) is 52.0 Å². The molecular formula is C31H35N3O4. The van der Waals surface area contributed by atoms with Crippen LogP contribution >= 0.6 is 0 Å². The largest absolute Gasteiger partial charge is 0.494 e. The molecule has 2 heterocycles. The highest BCUT2D eigenvalue weighted by atomic mass is 16.5. The van der Waals surface area contributed by atoms with Crippen molar-refractivity contribution in [1.29, 1.82) is 0 Å². The number of hydrogen-bond acceptors (Lipinski definition) is 6. The lowest BCUT2D eigenvalue weighted by molar-refractivity contribution is 0.0774. The smallest absolute Gasteiger partial charge is 0.256 e. The Morgan fingerprint density at radius 1 is 0.921 bits per heavy atom. The van der Waals surface area contributed by atoms with Gasteiger partial charge in [0.05, 0.1) is 36.2 Å². The molecule has 7 nitrogen and oxygen atoms in total. The number of hydrogen-bond donors (Lipinski definition) is 1. The summed E-state index contributed by atoms with van der Waals surface area (Å²) in [5.74, 6) is 2.95. The standard InChI is InChI=1S/C31H35N3O4/c1-21-8-10-24(11-9-21)38-29-13-12-25(18-27(29)32)36-15-4-3-5-16-37-30-19-28-26(17-22(30)2)31(35)34-14-6-7-23(34)20-33-28/h8-13,17-20,23H,3-7,14-16,32H2,1-2H3/t23-/m0/s1. The molecule has 3 aromatic rings. The SMILES string of the molecule is Cc1ccc(Oc2ccc(OCCCCCOc3cc4c(cc3C)C(=O)N3CCC[C@H]3C=N4)cc2N)cc1. The maximum Gasteiger partial charge on any atom is 0.256 e. The molecule has 1 saturated heterocycles. The van der Waals surface area contributed by atoms with Gasteiger partial charge in [0.25, 0.3) is 5.91 Å². The molecule has 38 heavy (non-hydrogen) atoms. The van der Waals surface area contributed by atoms with Gasteiger partial charge in [0.1, 0.15) is 17.2 Å². The number of benzene rings is 3. The molecule has 0 radical (unpaired) electrons. The Balaban J connectivity index is 1.05. The third-order valence-electron chi connectivity index (χ3n) is 7.01. The molecule has 2 N–H and O–H groups in total. The van der Waals surface area contributed by atoms with Crippen molar-refractivity contribution >= 4 is 23.5 Å². The molecule has 0 unspecified atom stereocenters. The molecule has 2 aliphatic heterocycles. The lowest BCUT2D eigenvalue weighted by Crippen LogP contribution is -2.35. The van der Waals surface area contributed by atoms with E-state index in [1.807, 2.05) is 73.5 Å². The summed E-state index contributed by atoms with van der Waals surface area (Å²) in [4.78, 5) is 19.5. The molecule has 0 aliphatic carbocycles. The number of rotatable bonds is 10. The first-order valence-corrected chi connectivity index (χ1v) is 13.4. The minimum Gasteiger partial charge on any atom is -0.494 e. The highest BCUT2D eigenvalue weighted by Crippen LogP contribution is 2.34. The predicted molar refractivity (Wildman–Crippen MR) is 150 cm³/mol. The first-order valence-electron chi connectivity index (χ1n) is 13.4. The summed E-state index contributed by atoms with van der Waals surface area (Å²) < 4.78 is 17.8. The van der Waals surface area contributed by atoms with E-state index < -0.39 is 0 Å². The minimum atomic E-state index is 0.0739. The molecular weight excluding hydrogens is 478 g/mol. The van der Waals surface area contributed by atoms with Crippen molar-refractivity contribution in [2.75, 3.05) is 25.5 Å². The fourth-order valence-corrected chi connectivity index (χ4v) is 4.83. The van der Waals surface area contributed by atoms with Gasteiger partial charge in [0.15, 0.2) is 5.75 Å². The van der Waals surface area contributed by atoms with Crippen molar-refractivity contribution in [2.24, 2.45) is 4.99 Å². The van der Waals surface area contributed by atoms with Crippen LogP contribution in [0.2, 0.25) is 0 Å². The van der Waals surface area contributed by atoms with E-state index in [1.54, 1.807) is 6.07 Å². The van der Waals surface area contributed by atoms with E-state index in [4.69, 9.17) is 19.9 Å². The van der Waals surface area contributed by atoms with Crippen LogP contribution in [0.5, 0.6) is 23.0 Å². The number of fused-ring (bicyclic) bond motifs is 2. The van der Waals surface area contributed by atoms with E-state index in [0.717, 1.165) is 61.5 Å². The maximum atomic E-state index is 12.9. The number of anilines is 1. The molecule has 2 aliphatic rings. The Kier molecular flexibility index (Phi) is 7.82. The highest BCUT2D eigenvalue weighted by molar-refractivity contribution is 6.03. The van der Waals surface area contributed by atoms with Gasteiger partial charge in [-0.1, -0.05) is 17.7 Å². The van der Waals surface area contributed by atoms with Gasteiger partial charge in [0, 0.05) is 24.9 Å². The quantitative estimate of drug-likeness (QED) is 0.243. The number of ether oxygens (including phenoxy) is 3. The zero-order valence-electron chi connectivity index (χ0n) is 22.1. The zero-order valence-corrected chi connectivity index (χ0v) is 22.1. The maximum absolute atomic E-state index is 12.9. The van der Waals surface area contributed by atoms with Crippen molar-refractivity contribution in [3.8, 4) is 23.0 Å². The van der Waals surface area contributed by atoms with Gasteiger partial charge in [-0.3, -0.25) is 9.79 Å². The fourth-order valence-electron chi connectivity index (χ4n) is 4.83. The number of carbonyl (C=O) groups excluding carboxylic acids is 1. The Hall–Kier alpha value is -4.00. The van der Waals surface area contributed by atoms with Gasteiger partial charge < -0.3 is 24.8 Å². The highest BCUT2D eigenvalue weighted by Gasteiger charge is 2.32. The van der Waals surface area contributed by atoms with Crippen LogP contribution in [0.3, 0.4) is 0 Å². The molecule has 1 amide bonds. The first-order chi connectivity index (χ1) is 18.5. The number of nitrogen functional groups attached to an aromatic ring is 1. The van der Waals surface area contributed by atoms with Crippen molar-refractivity contribution in [3.63, 3.8) is 0 Å². The Morgan fingerprint density at radius 2 is 1.68 bits per heavy atom. The second-order valence-electron chi connectivity index (χ2n) is 9.99. The van der Waals surface area contributed by atoms with Gasteiger partial charge in [-0.2, -0.15) is 0 Å². The normalized spacial score (nSPS) is 16.1. The Bertz CT molecular complexity index is 1320. The third kappa shape index (κ3) is 5.93. The second kappa shape index (κ2) is 11.6. The van der Waals surface area contributed by atoms with Crippen LogP contribution in [0, 0.1) is 13.8 Å². The average Bonchev–Trinajstić information content (AvgIpc) is 3.34. The Morgan fingerprint density at radius 3 is 2.47 bits per heavy atom. The number of amides is 1. The molecule has 7 heteroatoms. The number of carbonyl (C=O) groups is 1. The van der Waals surface area contributed by atoms with E-state index in [-0.39, 0.29) is 11.9 Å². The molecule has 0 bridgehead atoms. The van der Waals surface area contributed by atoms with Crippen molar-refractivity contribution < 1.29 is 19.0 Å². The molecule has 0 saturated carbocycles. The van der Waals surface area contributed by atoms with E-state index in [0.29, 0.717) is 35.9 Å². The van der Waals surface area contributed by atoms with Crippen LogP contribution in [0.15, 0.2) is 59.6 Å². The summed E-state index contributed by atoms with van der Waals surface area (Å²) >= 11 is 0. The summed E-state index contributed by atoms with van der Waals surface area (Å²) in [7, 11) is 0. The van der Waals surface area contributed by atoms with Gasteiger partial charge in [-0.25, -0.2) is 0 Å². The van der Waals surface area contributed by atoms with Crippen LogP contribution in [0.25, 0.3) is 0 Å². The van der Waals surface area contributed by atoms with Crippen LogP contribution in [-0.4, -0.2) is 42.8 Å². The van der Waals surface area contributed by atoms with E-state index in [1.165, 1.54) is 5.56 Å². The predicted octanol–water partition coefficient (Wildman–Crippen LogP) is 6.63. The minimum absolute atomic E-state index is 0.0739. The van der Waals surface area contributed by atoms with E-state index in [2.05, 4.69) is 4.99 Å². The third-order valence-corrected chi connectivity index (χ3v) is 7.01. The summed E-state index contributed by atoms with van der Waals surface area (Å²) in [6.45, 7) is 6.02. The molecule has 1 atom stereocenters. The van der Waals surface area contributed by atoms with Crippen LogP contribution in [0.1, 0.15) is 53.6 Å². The Labute approximate surface area is 224 Å². The lowest BCUT2D eigenvalue weighted by atomic mass is 10.1. The summed E-state index contributed by atoms with van der Waals surface area (Å²) in [5, 5.41) is 0.